The van der Waals surface area contributed by atoms with Crippen LogP contribution in [0.4, 0.5) is 0 Å². The number of morpholine rings is 1. The molecule has 5 nitrogen and oxygen atoms in total. The Kier molecular flexibility index (Phi) is 4.73. The van der Waals surface area contributed by atoms with Gasteiger partial charge >= 0.3 is 0 Å². The molecule has 1 aliphatic rings. The number of halogens is 1. The quantitative estimate of drug-likeness (QED) is 0.826. The summed E-state index contributed by atoms with van der Waals surface area (Å²) in [6.07, 6.45) is -0.211. The fourth-order valence-electron chi connectivity index (χ4n) is 2.28. The van der Waals surface area contributed by atoms with Crippen molar-refractivity contribution in [2.24, 2.45) is 0 Å². The first kappa shape index (κ1) is 15.8. The number of rotatable bonds is 3. The predicted octanol–water partition coefficient (Wildman–Crippen LogP) is 2.26. The highest BCUT2D eigenvalue weighted by Gasteiger charge is 2.32. The van der Waals surface area contributed by atoms with Crippen LogP contribution in [0.2, 0.25) is 0 Å². The van der Waals surface area contributed by atoms with E-state index in [2.05, 4.69) is 15.9 Å². The van der Waals surface area contributed by atoms with Crippen LogP contribution in [-0.4, -0.2) is 45.1 Å². The Bertz CT molecular complexity index is 580. The summed E-state index contributed by atoms with van der Waals surface area (Å²) in [7, 11) is -2.02. The van der Waals surface area contributed by atoms with Crippen LogP contribution < -0.4 is 4.74 Å². The Morgan fingerprint density at radius 3 is 2.45 bits per heavy atom. The standard InChI is InChI=1S/C13H18BrNO4S/c1-9-7-15(8-10(2)19-9)20(16,17)11-4-5-12(14)13(6-11)18-3/h4-6,9-10H,7-8H2,1-3H3/t9-,10-/m1/s1. The van der Waals surface area contributed by atoms with Crippen molar-refractivity contribution in [3.63, 3.8) is 0 Å². The summed E-state index contributed by atoms with van der Waals surface area (Å²) in [5, 5.41) is 0. The second-order valence-corrected chi connectivity index (χ2v) is 7.67. The number of methoxy groups -OCH3 is 1. The molecule has 0 N–H and O–H groups in total. The van der Waals surface area contributed by atoms with Gasteiger partial charge in [-0.15, -0.1) is 0 Å². The third kappa shape index (κ3) is 3.16. The third-order valence-electron chi connectivity index (χ3n) is 3.15. The molecule has 20 heavy (non-hydrogen) atoms. The molecule has 1 aromatic carbocycles. The van der Waals surface area contributed by atoms with Crippen LogP contribution in [0.5, 0.6) is 5.75 Å². The molecule has 7 heteroatoms. The van der Waals surface area contributed by atoms with Gasteiger partial charge in [0.1, 0.15) is 5.75 Å². The summed E-state index contributed by atoms with van der Waals surface area (Å²) in [4.78, 5) is 0.235. The third-order valence-corrected chi connectivity index (χ3v) is 5.63. The van der Waals surface area contributed by atoms with Crippen molar-refractivity contribution in [3.05, 3.63) is 22.7 Å². The molecular formula is C13H18BrNO4S. The number of benzene rings is 1. The van der Waals surface area contributed by atoms with E-state index in [1.54, 1.807) is 12.1 Å². The van der Waals surface area contributed by atoms with Gasteiger partial charge in [0.25, 0.3) is 0 Å². The van der Waals surface area contributed by atoms with E-state index in [9.17, 15) is 8.42 Å². The van der Waals surface area contributed by atoms with Crippen LogP contribution in [0.25, 0.3) is 0 Å². The molecule has 2 rings (SSSR count). The number of sulfonamides is 1. The fourth-order valence-corrected chi connectivity index (χ4v) is 4.29. The zero-order valence-corrected chi connectivity index (χ0v) is 14.1. The normalized spacial score (nSPS) is 24.6. The lowest BCUT2D eigenvalue weighted by atomic mass is 10.3. The molecule has 1 aliphatic heterocycles. The van der Waals surface area contributed by atoms with Gasteiger partial charge in [-0.05, 0) is 41.9 Å². The van der Waals surface area contributed by atoms with E-state index in [4.69, 9.17) is 9.47 Å². The minimum Gasteiger partial charge on any atom is -0.496 e. The van der Waals surface area contributed by atoms with Crippen molar-refractivity contribution < 1.29 is 17.9 Å². The molecule has 1 fully saturated rings. The van der Waals surface area contributed by atoms with Gasteiger partial charge in [-0.3, -0.25) is 0 Å². The molecule has 0 radical (unpaired) electrons. The summed E-state index contributed by atoms with van der Waals surface area (Å²) in [5.74, 6) is 0.500. The maximum atomic E-state index is 12.7. The van der Waals surface area contributed by atoms with E-state index in [0.717, 1.165) is 4.47 Å². The Labute approximate surface area is 128 Å². The predicted molar refractivity (Wildman–Crippen MR) is 79.5 cm³/mol. The molecule has 1 heterocycles. The Morgan fingerprint density at radius 1 is 1.30 bits per heavy atom. The molecule has 0 aromatic heterocycles. The maximum absolute atomic E-state index is 12.7. The molecule has 1 saturated heterocycles. The number of ether oxygens (including phenoxy) is 2. The van der Waals surface area contributed by atoms with Crippen LogP contribution in [-0.2, 0) is 14.8 Å². The molecule has 0 saturated carbocycles. The van der Waals surface area contributed by atoms with Crippen LogP contribution in [0.3, 0.4) is 0 Å². The average molecular weight is 364 g/mol. The fraction of sp³-hybridized carbons (Fsp3) is 0.538. The summed E-state index contributed by atoms with van der Waals surface area (Å²) in [6, 6.07) is 4.79. The van der Waals surface area contributed by atoms with E-state index in [1.807, 2.05) is 13.8 Å². The summed E-state index contributed by atoms with van der Waals surface area (Å²) in [6.45, 7) is 4.48. The summed E-state index contributed by atoms with van der Waals surface area (Å²) < 4.78 is 38.2. The molecule has 2 atom stereocenters. The molecule has 0 spiro atoms. The number of nitrogens with zero attached hydrogens (tertiary/aromatic N) is 1. The Morgan fingerprint density at radius 2 is 1.90 bits per heavy atom. The topological polar surface area (TPSA) is 55.8 Å². The van der Waals surface area contributed by atoms with Gasteiger partial charge in [0, 0.05) is 19.2 Å². The van der Waals surface area contributed by atoms with Crippen molar-refractivity contribution in [2.75, 3.05) is 20.2 Å². The lowest BCUT2D eigenvalue weighted by molar-refractivity contribution is -0.0440. The van der Waals surface area contributed by atoms with E-state index in [-0.39, 0.29) is 17.1 Å². The first-order valence-electron chi connectivity index (χ1n) is 6.33. The molecular weight excluding hydrogens is 346 g/mol. The summed E-state index contributed by atoms with van der Waals surface area (Å²) in [5.41, 5.74) is 0. The lowest BCUT2D eigenvalue weighted by Crippen LogP contribution is -2.48. The van der Waals surface area contributed by atoms with E-state index in [1.165, 1.54) is 17.5 Å². The minimum absolute atomic E-state index is 0.106. The highest BCUT2D eigenvalue weighted by molar-refractivity contribution is 9.10. The molecule has 0 amide bonds. The molecule has 0 bridgehead atoms. The van der Waals surface area contributed by atoms with Crippen LogP contribution in [0.15, 0.2) is 27.6 Å². The van der Waals surface area contributed by atoms with Crippen molar-refractivity contribution in [3.8, 4) is 5.75 Å². The van der Waals surface area contributed by atoms with Crippen LogP contribution >= 0.6 is 15.9 Å². The zero-order chi connectivity index (χ0) is 14.9. The zero-order valence-electron chi connectivity index (χ0n) is 11.7. The van der Waals surface area contributed by atoms with Crippen molar-refractivity contribution in [1.82, 2.24) is 4.31 Å². The SMILES string of the molecule is COc1cc(S(=O)(=O)N2C[C@@H](C)O[C@H](C)C2)ccc1Br. The monoisotopic (exact) mass is 363 g/mol. The number of hydrogen-bond acceptors (Lipinski definition) is 4. The van der Waals surface area contributed by atoms with E-state index >= 15 is 0 Å². The van der Waals surface area contributed by atoms with Crippen molar-refractivity contribution >= 4 is 26.0 Å². The molecule has 1 aromatic rings. The van der Waals surface area contributed by atoms with Crippen LogP contribution in [0.1, 0.15) is 13.8 Å². The highest BCUT2D eigenvalue weighted by Crippen LogP contribution is 2.29. The largest absolute Gasteiger partial charge is 0.496 e. The maximum Gasteiger partial charge on any atom is 0.243 e. The van der Waals surface area contributed by atoms with Gasteiger partial charge in [0.15, 0.2) is 0 Å². The average Bonchev–Trinajstić information content (AvgIpc) is 2.37. The van der Waals surface area contributed by atoms with Gasteiger partial charge in [-0.2, -0.15) is 4.31 Å². The first-order chi connectivity index (χ1) is 9.34. The van der Waals surface area contributed by atoms with E-state index in [0.29, 0.717) is 18.8 Å². The summed E-state index contributed by atoms with van der Waals surface area (Å²) >= 11 is 3.32. The van der Waals surface area contributed by atoms with Gasteiger partial charge < -0.3 is 9.47 Å². The van der Waals surface area contributed by atoms with Gasteiger partial charge in [-0.1, -0.05) is 0 Å². The van der Waals surface area contributed by atoms with Gasteiger partial charge in [0.2, 0.25) is 10.0 Å². The second kappa shape index (κ2) is 6.01. The van der Waals surface area contributed by atoms with Gasteiger partial charge in [0.05, 0.1) is 28.7 Å². The first-order valence-corrected chi connectivity index (χ1v) is 8.57. The molecule has 0 unspecified atom stereocenters. The second-order valence-electron chi connectivity index (χ2n) is 4.88. The van der Waals surface area contributed by atoms with Crippen molar-refractivity contribution in [1.29, 1.82) is 0 Å². The Hall–Kier alpha value is -0.630. The Balaban J connectivity index is 2.34. The molecule has 112 valence electrons. The van der Waals surface area contributed by atoms with Crippen molar-refractivity contribution in [2.45, 2.75) is 31.0 Å². The lowest BCUT2D eigenvalue weighted by Gasteiger charge is -2.34. The number of hydrogen-bond donors (Lipinski definition) is 0. The van der Waals surface area contributed by atoms with Gasteiger partial charge in [-0.25, -0.2) is 8.42 Å². The highest BCUT2D eigenvalue weighted by atomic mass is 79.9. The minimum atomic E-state index is -3.52. The van der Waals surface area contributed by atoms with E-state index < -0.39 is 10.0 Å². The van der Waals surface area contributed by atoms with Crippen LogP contribution in [0, 0.1) is 0 Å². The smallest absolute Gasteiger partial charge is 0.243 e. The molecule has 0 aliphatic carbocycles.